The van der Waals surface area contributed by atoms with Gasteiger partial charge in [0, 0.05) is 42.0 Å². The van der Waals surface area contributed by atoms with Gasteiger partial charge in [0.2, 0.25) is 0 Å². The second kappa shape index (κ2) is 10.7. The lowest BCUT2D eigenvalue weighted by Crippen LogP contribution is -2.63. The monoisotopic (exact) mass is 620 g/mol. The molecule has 15 heteroatoms. The number of aromatic nitrogens is 2. The van der Waals surface area contributed by atoms with E-state index in [0.29, 0.717) is 24.1 Å². The molecule has 232 valence electrons. The summed E-state index contributed by atoms with van der Waals surface area (Å²) in [5.74, 6) is -1.93. The van der Waals surface area contributed by atoms with Gasteiger partial charge in [0.05, 0.1) is 17.0 Å². The van der Waals surface area contributed by atoms with Gasteiger partial charge < -0.3 is 9.84 Å². The van der Waals surface area contributed by atoms with Crippen molar-refractivity contribution in [2.45, 2.75) is 107 Å². The molecule has 1 aliphatic carbocycles. The zero-order valence-corrected chi connectivity index (χ0v) is 24.1. The van der Waals surface area contributed by atoms with Gasteiger partial charge in [0.15, 0.2) is 6.10 Å². The van der Waals surface area contributed by atoms with Crippen molar-refractivity contribution in [2.24, 2.45) is 0 Å². The van der Waals surface area contributed by atoms with E-state index in [1.165, 1.54) is 11.1 Å². The molecule has 2 aliphatic heterocycles. The quantitative estimate of drug-likeness (QED) is 0.458. The summed E-state index contributed by atoms with van der Waals surface area (Å²) < 4.78 is 105. The summed E-state index contributed by atoms with van der Waals surface area (Å²) in [5.41, 5.74) is -0.904. The number of fused-ring (bicyclic) bond motifs is 1. The highest BCUT2D eigenvalue weighted by atomic mass is 32.2. The molecule has 0 unspecified atom stereocenters. The Morgan fingerprint density at radius 3 is 2.36 bits per heavy atom. The van der Waals surface area contributed by atoms with Gasteiger partial charge in [-0.3, -0.25) is 9.80 Å². The van der Waals surface area contributed by atoms with E-state index in [2.05, 4.69) is 5.10 Å². The lowest BCUT2D eigenvalue weighted by molar-refractivity contribution is -0.277. The maximum atomic E-state index is 14.9. The van der Waals surface area contributed by atoms with Crippen molar-refractivity contribution in [2.75, 3.05) is 0 Å². The van der Waals surface area contributed by atoms with E-state index in [1.54, 1.807) is 20.8 Å². The number of carbonyl (C=O) groups is 1. The molecule has 5 rings (SSSR count). The molecule has 0 radical (unpaired) electrons. The van der Waals surface area contributed by atoms with Crippen molar-refractivity contribution in [1.82, 2.24) is 19.0 Å². The average Bonchev–Trinajstić information content (AvgIpc) is 3.61. The highest BCUT2D eigenvalue weighted by Gasteiger charge is 2.57. The minimum absolute atomic E-state index is 0.0789. The Bertz CT molecular complexity index is 1430. The van der Waals surface area contributed by atoms with Gasteiger partial charge in [-0.05, 0) is 58.2 Å². The summed E-state index contributed by atoms with van der Waals surface area (Å²) in [6.45, 7) is 4.43. The van der Waals surface area contributed by atoms with Crippen molar-refractivity contribution in [3.63, 3.8) is 0 Å². The van der Waals surface area contributed by atoms with Crippen LogP contribution in [0, 0.1) is 11.6 Å². The molecule has 42 heavy (non-hydrogen) atoms. The first-order chi connectivity index (χ1) is 19.5. The van der Waals surface area contributed by atoms with Crippen LogP contribution < -0.4 is 0 Å². The van der Waals surface area contributed by atoms with Crippen LogP contribution in [0.15, 0.2) is 24.4 Å². The van der Waals surface area contributed by atoms with Crippen LogP contribution in [0.4, 0.5) is 26.7 Å². The number of ether oxygens (including phenoxy) is 1. The first kappa shape index (κ1) is 30.7. The van der Waals surface area contributed by atoms with Crippen LogP contribution in [0.2, 0.25) is 0 Å². The van der Waals surface area contributed by atoms with Crippen molar-refractivity contribution in [3.05, 3.63) is 52.9 Å². The first-order valence-corrected chi connectivity index (χ1v) is 15.2. The van der Waals surface area contributed by atoms with Crippen LogP contribution in [-0.4, -0.2) is 73.8 Å². The molecule has 1 aromatic heterocycles. The summed E-state index contributed by atoms with van der Waals surface area (Å²) in [7, 11) is -3.74. The zero-order chi connectivity index (χ0) is 30.8. The van der Waals surface area contributed by atoms with Gasteiger partial charge in [-0.15, -0.1) is 0 Å². The first-order valence-electron chi connectivity index (χ1n) is 13.7. The van der Waals surface area contributed by atoms with Gasteiger partial charge in [0.1, 0.15) is 17.7 Å². The fraction of sp³-hybridized carbons (Fsp3) is 0.630. The maximum absolute atomic E-state index is 14.9. The third-order valence-electron chi connectivity index (χ3n) is 8.36. The number of nitrogens with zero attached hydrogens (tertiary/aromatic N) is 4. The average molecular weight is 621 g/mol. The summed E-state index contributed by atoms with van der Waals surface area (Å²) >= 11 is 0. The summed E-state index contributed by atoms with van der Waals surface area (Å²) in [5, 5.41) is 13.8. The van der Waals surface area contributed by atoms with Gasteiger partial charge in [0.25, 0.3) is 10.0 Å². The van der Waals surface area contributed by atoms with E-state index in [9.17, 15) is 40.3 Å². The minimum Gasteiger partial charge on any atom is -0.465 e. The van der Waals surface area contributed by atoms with Gasteiger partial charge >= 0.3 is 12.3 Å². The van der Waals surface area contributed by atoms with Gasteiger partial charge in [-0.25, -0.2) is 22.0 Å². The van der Waals surface area contributed by atoms with Crippen LogP contribution in [0.3, 0.4) is 0 Å². The maximum Gasteiger partial charge on any atom is 0.416 e. The molecule has 0 bridgehead atoms. The van der Waals surface area contributed by atoms with Gasteiger partial charge in [-0.1, -0.05) is 12.8 Å². The Morgan fingerprint density at radius 2 is 1.79 bits per heavy atom. The smallest absolute Gasteiger partial charge is 0.416 e. The number of halogens is 5. The Labute approximate surface area is 240 Å². The number of alkyl halides is 3. The Hall–Kier alpha value is -2.78. The number of amides is 1. The van der Waals surface area contributed by atoms with Crippen molar-refractivity contribution >= 4 is 16.1 Å². The Morgan fingerprint density at radius 1 is 1.12 bits per heavy atom. The Balaban J connectivity index is 1.50. The van der Waals surface area contributed by atoms with E-state index in [4.69, 9.17) is 4.74 Å². The highest BCUT2D eigenvalue weighted by molar-refractivity contribution is 7.90. The third-order valence-corrected chi connectivity index (χ3v) is 10.4. The lowest BCUT2D eigenvalue weighted by atomic mass is 9.85. The number of rotatable bonds is 5. The minimum atomic E-state index is -4.95. The van der Waals surface area contributed by atoms with Crippen molar-refractivity contribution in [1.29, 1.82) is 0 Å². The molecule has 1 saturated carbocycles. The molecule has 3 heterocycles. The van der Waals surface area contributed by atoms with Crippen LogP contribution in [0.1, 0.15) is 75.8 Å². The molecular formula is C27H33F5N4O5S. The fourth-order valence-electron chi connectivity index (χ4n) is 6.51. The molecule has 1 saturated heterocycles. The Kier molecular flexibility index (Phi) is 7.84. The van der Waals surface area contributed by atoms with Crippen LogP contribution in [-0.2, 0) is 27.8 Å². The molecular weight excluding hydrogens is 587 g/mol. The molecule has 1 aromatic carbocycles. The molecule has 2 fully saturated rings. The normalized spacial score (nSPS) is 26.0. The topological polar surface area (TPSA) is 105 Å². The van der Waals surface area contributed by atoms with E-state index in [-0.39, 0.29) is 13.1 Å². The molecule has 3 aliphatic rings. The molecule has 1 amide bonds. The SMILES string of the molecule is CC(C)(C)N(C(=O)O)[C@H]1C[C@@H](N2Cc3cn(S(=O)(=O)C4CCCC4)nc3C2)[C@@H](C(F)(F)F)O[C@@H]1c1cc(F)ccc1F. The molecule has 2 aromatic rings. The van der Waals surface area contributed by atoms with Gasteiger partial charge in [-0.2, -0.15) is 22.4 Å². The second-order valence-electron chi connectivity index (χ2n) is 12.2. The van der Waals surface area contributed by atoms with Crippen molar-refractivity contribution in [3.8, 4) is 0 Å². The number of hydrogen-bond acceptors (Lipinski definition) is 6. The van der Waals surface area contributed by atoms with Crippen LogP contribution in [0.25, 0.3) is 0 Å². The summed E-state index contributed by atoms with van der Waals surface area (Å²) in [6.07, 6.45) is -7.09. The van der Waals surface area contributed by atoms with Crippen LogP contribution >= 0.6 is 0 Å². The number of carboxylic acid groups (broad SMARTS) is 1. The van der Waals surface area contributed by atoms with E-state index in [0.717, 1.165) is 40.0 Å². The zero-order valence-electron chi connectivity index (χ0n) is 23.3. The molecule has 9 nitrogen and oxygen atoms in total. The lowest BCUT2D eigenvalue weighted by Gasteiger charge is -2.51. The largest absolute Gasteiger partial charge is 0.465 e. The number of benzene rings is 1. The van der Waals surface area contributed by atoms with E-state index >= 15 is 0 Å². The van der Waals surface area contributed by atoms with Crippen LogP contribution in [0.5, 0.6) is 0 Å². The van der Waals surface area contributed by atoms with Crippen molar-refractivity contribution < 1.29 is 45.0 Å². The number of hydrogen-bond donors (Lipinski definition) is 1. The summed E-state index contributed by atoms with van der Waals surface area (Å²) in [4.78, 5) is 14.8. The third kappa shape index (κ3) is 5.62. The predicted molar refractivity (Wildman–Crippen MR) is 140 cm³/mol. The molecule has 1 N–H and O–H groups in total. The second-order valence-corrected chi connectivity index (χ2v) is 14.3. The molecule has 4 atom stereocenters. The van der Waals surface area contributed by atoms with E-state index in [1.807, 2.05) is 0 Å². The highest BCUT2D eigenvalue weighted by Crippen LogP contribution is 2.46. The molecule has 0 spiro atoms. The standard InChI is InChI=1S/C27H33F5N4O5S/c1-26(2,3)36(25(37)38)21-11-22(24(27(30,31)32)41-23(21)18-10-16(28)8-9-19(18)29)34-12-15-13-35(33-20(15)14-34)42(39,40)17-6-4-5-7-17/h8-10,13,17,21-24H,4-7,11-12,14H2,1-3H3,(H,37,38)/t21-,22+,23+,24-/m0/s1. The predicted octanol–water partition coefficient (Wildman–Crippen LogP) is 5.21. The summed E-state index contributed by atoms with van der Waals surface area (Å²) in [6, 6.07) is -0.450. The fourth-order valence-corrected chi connectivity index (χ4v) is 8.23. The van der Waals surface area contributed by atoms with E-state index < -0.39 is 81.0 Å².